The van der Waals surface area contributed by atoms with Crippen LogP contribution in [0.4, 0.5) is 5.69 Å². The third-order valence-corrected chi connectivity index (χ3v) is 6.31. The highest BCUT2D eigenvalue weighted by Crippen LogP contribution is 2.52. The van der Waals surface area contributed by atoms with E-state index in [9.17, 15) is 19.5 Å². The Morgan fingerprint density at radius 2 is 1.74 bits per heavy atom. The highest BCUT2D eigenvalue weighted by molar-refractivity contribution is 5.96. The number of aliphatic carboxylic acids is 1. The van der Waals surface area contributed by atoms with Crippen molar-refractivity contribution in [2.75, 3.05) is 5.32 Å². The highest BCUT2D eigenvalue weighted by atomic mass is 16.4. The molecule has 7 nitrogen and oxygen atoms in total. The molecular formula is C20H23N3O4. The fraction of sp³-hybridized carbons (Fsp3) is 0.450. The van der Waals surface area contributed by atoms with Gasteiger partial charge in [-0.1, -0.05) is 18.2 Å². The summed E-state index contributed by atoms with van der Waals surface area (Å²) in [5, 5.41) is 12.3. The molecule has 2 aliphatic rings. The van der Waals surface area contributed by atoms with E-state index in [1.807, 2.05) is 30.3 Å². The molecule has 27 heavy (non-hydrogen) atoms. The number of nitrogens with one attached hydrogen (secondary N) is 1. The average molecular weight is 369 g/mol. The quantitative estimate of drug-likeness (QED) is 0.864. The van der Waals surface area contributed by atoms with Gasteiger partial charge in [0.05, 0.1) is 23.2 Å². The van der Waals surface area contributed by atoms with E-state index in [1.165, 1.54) is 4.68 Å². The molecule has 2 aliphatic carbocycles. The van der Waals surface area contributed by atoms with Gasteiger partial charge in [-0.2, -0.15) is 0 Å². The molecule has 2 fully saturated rings. The fourth-order valence-electron chi connectivity index (χ4n) is 4.94. The number of carboxylic acids is 1. The van der Waals surface area contributed by atoms with Crippen LogP contribution in [-0.4, -0.2) is 26.3 Å². The Balaban J connectivity index is 1.67. The number of fused-ring (bicyclic) bond motifs is 2. The minimum absolute atomic E-state index is 0.0705. The molecule has 142 valence electrons. The molecule has 2 N–H and O–H groups in total. The molecule has 1 aromatic heterocycles. The average Bonchev–Trinajstić information content (AvgIpc) is 3.32. The number of hydrogen-bond donors (Lipinski definition) is 2. The van der Waals surface area contributed by atoms with E-state index in [2.05, 4.69) is 5.32 Å². The summed E-state index contributed by atoms with van der Waals surface area (Å²) in [5.41, 5.74) is 1.24. The van der Waals surface area contributed by atoms with E-state index in [-0.39, 0.29) is 29.0 Å². The number of anilines is 1. The number of carbonyl (C=O) groups excluding carboxylic acids is 1. The summed E-state index contributed by atoms with van der Waals surface area (Å²) in [5.74, 6) is -2.30. The predicted molar refractivity (Wildman–Crippen MR) is 99.8 cm³/mol. The Morgan fingerprint density at radius 3 is 2.37 bits per heavy atom. The summed E-state index contributed by atoms with van der Waals surface area (Å²) in [4.78, 5) is 37.6. The van der Waals surface area contributed by atoms with Crippen LogP contribution >= 0.6 is 0 Å². The summed E-state index contributed by atoms with van der Waals surface area (Å²) in [6, 6.07) is 9.20. The first-order chi connectivity index (χ1) is 12.9. The van der Waals surface area contributed by atoms with Gasteiger partial charge < -0.3 is 10.4 Å². The standard InChI is InChI=1S/C20H23N3O4/c1-11-17(19(25)23(22(11)2)14-6-4-3-5-7-14)21-18(24)15-12-8-9-13(10-12)16(15)20(26)27/h3-7,12-13,15-16H,8-10H2,1-2H3,(H,21,24)(H,26,27)/t12-,13-,15+,16+/m0/s1. The number of aromatic nitrogens is 2. The number of para-hydroxylation sites is 1. The van der Waals surface area contributed by atoms with Gasteiger partial charge in [-0.05, 0) is 50.2 Å². The minimum Gasteiger partial charge on any atom is -0.481 e. The Morgan fingerprint density at radius 1 is 1.11 bits per heavy atom. The van der Waals surface area contributed by atoms with Gasteiger partial charge >= 0.3 is 5.97 Å². The van der Waals surface area contributed by atoms with Gasteiger partial charge in [-0.15, -0.1) is 0 Å². The Labute approximate surface area is 156 Å². The van der Waals surface area contributed by atoms with Crippen molar-refractivity contribution in [1.29, 1.82) is 0 Å². The molecule has 1 aromatic carbocycles. The lowest BCUT2D eigenvalue weighted by molar-refractivity contribution is -0.148. The highest BCUT2D eigenvalue weighted by Gasteiger charge is 2.54. The van der Waals surface area contributed by atoms with Gasteiger partial charge in [0.2, 0.25) is 5.91 Å². The van der Waals surface area contributed by atoms with E-state index < -0.39 is 17.8 Å². The van der Waals surface area contributed by atoms with E-state index >= 15 is 0 Å². The predicted octanol–water partition coefficient (Wildman–Crippen LogP) is 2.17. The second-order valence-corrected chi connectivity index (χ2v) is 7.65. The van der Waals surface area contributed by atoms with Crippen LogP contribution in [0.15, 0.2) is 35.1 Å². The zero-order valence-corrected chi connectivity index (χ0v) is 15.4. The Kier molecular flexibility index (Phi) is 4.17. The Bertz CT molecular complexity index is 960. The van der Waals surface area contributed by atoms with Crippen LogP contribution in [0.3, 0.4) is 0 Å². The zero-order valence-electron chi connectivity index (χ0n) is 15.4. The molecule has 1 amide bonds. The van der Waals surface area contributed by atoms with Crippen molar-refractivity contribution in [2.45, 2.75) is 26.2 Å². The third kappa shape index (κ3) is 2.69. The number of hydrogen-bond acceptors (Lipinski definition) is 3. The summed E-state index contributed by atoms with van der Waals surface area (Å²) < 4.78 is 3.20. The van der Waals surface area contributed by atoms with Gasteiger partial charge in [-0.25, -0.2) is 4.68 Å². The summed E-state index contributed by atoms with van der Waals surface area (Å²) >= 11 is 0. The maximum absolute atomic E-state index is 12.9. The molecule has 0 spiro atoms. The van der Waals surface area contributed by atoms with Gasteiger partial charge in [-0.3, -0.25) is 19.1 Å². The van der Waals surface area contributed by atoms with Crippen LogP contribution in [0.2, 0.25) is 0 Å². The first-order valence-electron chi connectivity index (χ1n) is 9.28. The summed E-state index contributed by atoms with van der Waals surface area (Å²) in [7, 11) is 1.76. The van der Waals surface area contributed by atoms with Gasteiger partial charge in [0, 0.05) is 7.05 Å². The van der Waals surface area contributed by atoms with Crippen molar-refractivity contribution >= 4 is 17.6 Å². The van der Waals surface area contributed by atoms with Gasteiger partial charge in [0.1, 0.15) is 5.69 Å². The molecule has 0 saturated heterocycles. The number of nitrogens with zero attached hydrogens (tertiary/aromatic N) is 2. The SMILES string of the molecule is Cc1c(NC(=O)[C@@H]2[C@H]3CC[C@@H](C3)[C@H]2C(=O)O)c(=O)n(-c2ccccc2)n1C. The second kappa shape index (κ2) is 6.40. The van der Waals surface area contributed by atoms with Crippen LogP contribution in [0.25, 0.3) is 5.69 Å². The van der Waals surface area contributed by atoms with Crippen LogP contribution in [-0.2, 0) is 16.6 Å². The van der Waals surface area contributed by atoms with Gasteiger partial charge in [0.25, 0.3) is 5.56 Å². The molecule has 2 aromatic rings. The van der Waals surface area contributed by atoms with E-state index in [0.717, 1.165) is 19.3 Å². The summed E-state index contributed by atoms with van der Waals surface area (Å²) in [6.45, 7) is 1.77. The molecule has 2 saturated carbocycles. The lowest BCUT2D eigenvalue weighted by Crippen LogP contribution is -2.38. The van der Waals surface area contributed by atoms with Crippen molar-refractivity contribution in [3.05, 3.63) is 46.4 Å². The first-order valence-corrected chi connectivity index (χ1v) is 9.28. The molecule has 0 unspecified atom stereocenters. The van der Waals surface area contributed by atoms with Crippen molar-refractivity contribution in [1.82, 2.24) is 9.36 Å². The largest absolute Gasteiger partial charge is 0.481 e. The zero-order chi connectivity index (χ0) is 19.3. The fourth-order valence-corrected chi connectivity index (χ4v) is 4.94. The van der Waals surface area contributed by atoms with E-state index in [1.54, 1.807) is 18.7 Å². The van der Waals surface area contributed by atoms with E-state index in [0.29, 0.717) is 11.4 Å². The second-order valence-electron chi connectivity index (χ2n) is 7.65. The van der Waals surface area contributed by atoms with Crippen molar-refractivity contribution in [2.24, 2.45) is 30.7 Å². The molecule has 4 atom stereocenters. The van der Waals surface area contributed by atoms with Crippen LogP contribution in [0, 0.1) is 30.6 Å². The third-order valence-electron chi connectivity index (χ3n) is 6.31. The molecule has 4 rings (SSSR count). The van der Waals surface area contributed by atoms with Crippen LogP contribution < -0.4 is 10.9 Å². The maximum Gasteiger partial charge on any atom is 0.307 e. The van der Waals surface area contributed by atoms with E-state index in [4.69, 9.17) is 0 Å². The summed E-state index contributed by atoms with van der Waals surface area (Å²) in [6.07, 6.45) is 2.54. The normalized spacial score (nSPS) is 26.3. The van der Waals surface area contributed by atoms with Crippen LogP contribution in [0.5, 0.6) is 0 Å². The number of carbonyl (C=O) groups is 2. The van der Waals surface area contributed by atoms with Crippen LogP contribution in [0.1, 0.15) is 25.0 Å². The molecule has 0 aliphatic heterocycles. The van der Waals surface area contributed by atoms with Gasteiger partial charge in [0.15, 0.2) is 0 Å². The lowest BCUT2D eigenvalue weighted by Gasteiger charge is -2.26. The molecular weight excluding hydrogens is 346 g/mol. The number of carboxylic acid groups (broad SMARTS) is 1. The number of benzene rings is 1. The van der Waals surface area contributed by atoms with Crippen molar-refractivity contribution in [3.63, 3.8) is 0 Å². The molecule has 0 radical (unpaired) electrons. The minimum atomic E-state index is -0.908. The smallest absolute Gasteiger partial charge is 0.307 e. The number of rotatable bonds is 4. The number of amides is 1. The van der Waals surface area contributed by atoms with Crippen molar-refractivity contribution < 1.29 is 14.7 Å². The molecule has 1 heterocycles. The first kappa shape index (κ1) is 17.6. The maximum atomic E-state index is 12.9. The topological polar surface area (TPSA) is 93.3 Å². The molecule has 2 bridgehead atoms. The monoisotopic (exact) mass is 369 g/mol. The lowest BCUT2D eigenvalue weighted by atomic mass is 9.78. The molecule has 7 heteroatoms. The van der Waals surface area contributed by atoms with Crippen molar-refractivity contribution in [3.8, 4) is 5.69 Å². The Hall–Kier alpha value is -2.83.